The van der Waals surface area contributed by atoms with E-state index in [0.717, 1.165) is 0 Å². The summed E-state index contributed by atoms with van der Waals surface area (Å²) < 4.78 is 15.7. The number of aliphatic hydroxyl groups excluding tert-OH is 1. The van der Waals surface area contributed by atoms with E-state index in [1.54, 1.807) is 0 Å². The topological polar surface area (TPSA) is 29.5 Å². The zero-order valence-electron chi connectivity index (χ0n) is 4.31. The smallest absolute Gasteiger partial charge is 0.131 e. The van der Waals surface area contributed by atoms with Crippen molar-refractivity contribution >= 4 is 22.6 Å². The molecule has 0 aliphatic carbocycles. The molecule has 1 unspecified atom stereocenters. The highest BCUT2D eigenvalue weighted by atomic mass is 127. The summed E-state index contributed by atoms with van der Waals surface area (Å²) in [6, 6.07) is 0. The van der Waals surface area contributed by atoms with Gasteiger partial charge in [-0.3, -0.25) is 0 Å². The van der Waals surface area contributed by atoms with E-state index in [1.807, 2.05) is 22.6 Å². The minimum absolute atomic E-state index is 0.0550. The molecule has 1 N–H and O–H groups in total. The first-order valence-electron chi connectivity index (χ1n) is 2.23. The van der Waals surface area contributed by atoms with Gasteiger partial charge in [0.1, 0.15) is 10.8 Å². The van der Waals surface area contributed by atoms with Gasteiger partial charge in [-0.25, -0.2) is 4.39 Å². The molecule has 0 bridgehead atoms. The lowest BCUT2D eigenvalue weighted by Gasteiger charge is -2.04. The number of halogens is 2. The summed E-state index contributed by atoms with van der Waals surface area (Å²) in [6.07, 6.45) is 0. The lowest BCUT2D eigenvalue weighted by Crippen LogP contribution is -2.10. The first-order valence-corrected chi connectivity index (χ1v) is 3.48. The molecular weight excluding hydrogens is 226 g/mol. The zero-order valence-corrected chi connectivity index (χ0v) is 6.47. The average Bonchev–Trinajstić information content (AvgIpc) is 1.83. The molecule has 8 heavy (non-hydrogen) atoms. The molecule has 0 fully saturated rings. The molecule has 0 saturated heterocycles. The van der Waals surface area contributed by atoms with E-state index < -0.39 is 6.67 Å². The average molecular weight is 234 g/mol. The Morgan fingerprint density at radius 3 is 2.75 bits per heavy atom. The van der Waals surface area contributed by atoms with Gasteiger partial charge in [0.2, 0.25) is 0 Å². The van der Waals surface area contributed by atoms with Crippen LogP contribution in [0, 0.1) is 0 Å². The minimum atomic E-state index is -0.487. The first kappa shape index (κ1) is 8.58. The molecule has 0 spiro atoms. The molecule has 0 saturated carbocycles. The molecule has 0 aromatic rings. The van der Waals surface area contributed by atoms with Crippen LogP contribution in [0.5, 0.6) is 0 Å². The van der Waals surface area contributed by atoms with Crippen LogP contribution in [-0.2, 0) is 4.74 Å². The van der Waals surface area contributed by atoms with Gasteiger partial charge in [-0.1, -0.05) is 0 Å². The molecule has 0 heterocycles. The van der Waals surface area contributed by atoms with E-state index in [9.17, 15) is 4.39 Å². The van der Waals surface area contributed by atoms with Crippen LogP contribution in [0.2, 0.25) is 0 Å². The van der Waals surface area contributed by atoms with Gasteiger partial charge >= 0.3 is 0 Å². The highest BCUT2D eigenvalue weighted by Crippen LogP contribution is 1.99. The molecule has 0 radical (unpaired) electrons. The van der Waals surface area contributed by atoms with Crippen LogP contribution in [0.3, 0.4) is 0 Å². The first-order chi connectivity index (χ1) is 3.81. The second-order valence-electron chi connectivity index (χ2n) is 1.15. The lowest BCUT2D eigenvalue weighted by molar-refractivity contribution is 0.0702. The van der Waals surface area contributed by atoms with Gasteiger partial charge in [-0.2, -0.15) is 0 Å². The predicted octanol–water partition coefficient (Wildman–Crippen LogP) is 0.726. The third kappa shape index (κ3) is 4.73. The number of aliphatic hydroxyl groups is 1. The van der Waals surface area contributed by atoms with Crippen molar-refractivity contribution in [2.75, 3.05) is 19.9 Å². The number of ether oxygens (including phenoxy) is 1. The Bertz CT molecular complexity index is 53.3. The monoisotopic (exact) mass is 234 g/mol. The van der Waals surface area contributed by atoms with Crippen molar-refractivity contribution in [1.82, 2.24) is 0 Å². The molecule has 0 aromatic carbocycles. The van der Waals surface area contributed by atoms with E-state index >= 15 is 0 Å². The molecule has 4 heteroatoms. The molecule has 2 nitrogen and oxygen atoms in total. The Kier molecular flexibility index (Phi) is 6.13. The second kappa shape index (κ2) is 5.71. The maximum atomic E-state index is 11.3. The fourth-order valence-corrected chi connectivity index (χ4v) is 0.479. The van der Waals surface area contributed by atoms with E-state index in [4.69, 9.17) is 9.84 Å². The Balaban J connectivity index is 2.86. The van der Waals surface area contributed by atoms with Crippen LogP contribution >= 0.6 is 22.6 Å². The standard InChI is InChI=1S/C4H8FIO2/c5-1-2-8-4(6)3-7/h4,7H,1-3H2. The summed E-state index contributed by atoms with van der Waals surface area (Å²) in [5.74, 6) is 0. The second-order valence-corrected chi connectivity index (χ2v) is 2.54. The van der Waals surface area contributed by atoms with Gasteiger partial charge in [0.05, 0.1) is 13.2 Å². The van der Waals surface area contributed by atoms with Crippen LogP contribution in [0.1, 0.15) is 0 Å². The molecule has 0 amide bonds. The van der Waals surface area contributed by atoms with Crippen LogP contribution in [0.4, 0.5) is 4.39 Å². The normalized spacial score (nSPS) is 13.9. The summed E-state index contributed by atoms with van der Waals surface area (Å²) >= 11 is 1.89. The van der Waals surface area contributed by atoms with Crippen LogP contribution in [0.25, 0.3) is 0 Å². The maximum Gasteiger partial charge on any atom is 0.131 e. The Labute approximate surface area is 61.2 Å². The van der Waals surface area contributed by atoms with Crippen molar-refractivity contribution in [1.29, 1.82) is 0 Å². The van der Waals surface area contributed by atoms with Crippen molar-refractivity contribution < 1.29 is 14.2 Å². The number of hydrogen-bond acceptors (Lipinski definition) is 2. The quantitative estimate of drug-likeness (QED) is 0.573. The Morgan fingerprint density at radius 2 is 2.38 bits per heavy atom. The van der Waals surface area contributed by atoms with E-state index in [2.05, 4.69) is 0 Å². The van der Waals surface area contributed by atoms with E-state index in [0.29, 0.717) is 0 Å². The van der Waals surface area contributed by atoms with Crippen molar-refractivity contribution in [2.24, 2.45) is 0 Å². The largest absolute Gasteiger partial charge is 0.393 e. The molecule has 50 valence electrons. The predicted molar refractivity (Wildman–Crippen MR) is 36.8 cm³/mol. The minimum Gasteiger partial charge on any atom is -0.393 e. The van der Waals surface area contributed by atoms with Crippen LogP contribution in [0.15, 0.2) is 0 Å². The molecule has 0 rings (SSSR count). The van der Waals surface area contributed by atoms with Crippen molar-refractivity contribution in [3.63, 3.8) is 0 Å². The third-order valence-corrected chi connectivity index (χ3v) is 1.27. The van der Waals surface area contributed by atoms with Gasteiger partial charge in [-0.05, 0) is 22.6 Å². The third-order valence-electron chi connectivity index (χ3n) is 0.519. The summed E-state index contributed by atoms with van der Waals surface area (Å²) in [4.78, 5) is 0. The van der Waals surface area contributed by atoms with Crippen LogP contribution < -0.4 is 0 Å². The maximum absolute atomic E-state index is 11.3. The molecular formula is C4H8FIO2. The summed E-state index contributed by atoms with van der Waals surface area (Å²) in [5, 5.41) is 8.31. The fraction of sp³-hybridized carbons (Fsp3) is 1.00. The molecule has 0 aromatic heterocycles. The fourth-order valence-electron chi connectivity index (χ4n) is 0.225. The zero-order chi connectivity index (χ0) is 6.41. The summed E-state index contributed by atoms with van der Waals surface area (Å²) in [5.41, 5.74) is 0. The number of hydrogen-bond donors (Lipinski definition) is 1. The lowest BCUT2D eigenvalue weighted by atomic mass is 10.7. The Hall–Kier alpha value is 0.580. The van der Waals surface area contributed by atoms with Crippen molar-refractivity contribution in [3.05, 3.63) is 0 Å². The Morgan fingerprint density at radius 1 is 1.75 bits per heavy atom. The van der Waals surface area contributed by atoms with E-state index in [1.165, 1.54) is 0 Å². The molecule has 1 atom stereocenters. The summed E-state index contributed by atoms with van der Waals surface area (Å²) in [7, 11) is 0. The van der Waals surface area contributed by atoms with Crippen molar-refractivity contribution in [3.8, 4) is 0 Å². The van der Waals surface area contributed by atoms with Crippen molar-refractivity contribution in [2.45, 2.75) is 4.11 Å². The van der Waals surface area contributed by atoms with Gasteiger partial charge in [0.15, 0.2) is 0 Å². The summed E-state index contributed by atoms with van der Waals surface area (Å²) in [6.45, 7) is -0.464. The van der Waals surface area contributed by atoms with Gasteiger partial charge in [-0.15, -0.1) is 0 Å². The molecule has 0 aliphatic heterocycles. The highest BCUT2D eigenvalue weighted by molar-refractivity contribution is 14.1. The SMILES string of the molecule is OCC(I)OCCF. The van der Waals surface area contributed by atoms with Gasteiger partial charge < -0.3 is 9.84 Å². The number of rotatable bonds is 4. The van der Waals surface area contributed by atoms with E-state index in [-0.39, 0.29) is 17.3 Å². The van der Waals surface area contributed by atoms with Crippen LogP contribution in [-0.4, -0.2) is 29.1 Å². The van der Waals surface area contributed by atoms with Gasteiger partial charge in [0, 0.05) is 0 Å². The molecule has 0 aliphatic rings. The van der Waals surface area contributed by atoms with Gasteiger partial charge in [0.25, 0.3) is 0 Å². The number of alkyl halides is 2. The highest BCUT2D eigenvalue weighted by Gasteiger charge is 1.98.